The summed E-state index contributed by atoms with van der Waals surface area (Å²) in [7, 11) is -10.1. The minimum Gasteiger partial charge on any atom is -0.790 e. The number of hydrogen-bond acceptors (Lipinski definition) is 7. The summed E-state index contributed by atoms with van der Waals surface area (Å²) in [5.41, 5.74) is 0.544. The molecule has 0 aromatic rings. The smallest absolute Gasteiger partial charge is 0.140 e. The third-order valence-electron chi connectivity index (χ3n) is 1.37. The van der Waals surface area contributed by atoms with Gasteiger partial charge in [0.25, 0.3) is 0 Å². The second kappa shape index (κ2) is 5.92. The fourth-order valence-corrected chi connectivity index (χ4v) is 2.72. The van der Waals surface area contributed by atoms with Gasteiger partial charge < -0.3 is 33.2 Å². The highest BCUT2D eigenvalue weighted by molar-refractivity contribution is 7.61. The first-order valence-electron chi connectivity index (χ1n) is 3.96. The Morgan fingerprint density at radius 2 is 1.93 bits per heavy atom. The van der Waals surface area contributed by atoms with E-state index in [1.807, 2.05) is 0 Å². The van der Waals surface area contributed by atoms with Gasteiger partial charge in [-0.25, -0.2) is 0 Å². The topological polar surface area (TPSA) is 133 Å². The van der Waals surface area contributed by atoms with Crippen LogP contribution in [0, 0.1) is 0 Å². The Morgan fingerprint density at radius 1 is 1.40 bits per heavy atom. The zero-order valence-corrected chi connectivity index (χ0v) is 9.78. The first kappa shape index (κ1) is 15.0. The van der Waals surface area contributed by atoms with E-state index < -0.39 is 21.6 Å². The third-order valence-corrected chi connectivity index (χ3v) is 3.97. The maximum atomic E-state index is 10.9. The van der Waals surface area contributed by atoms with E-state index in [1.54, 1.807) is 6.92 Å². The molecule has 0 saturated carbocycles. The summed E-state index contributed by atoms with van der Waals surface area (Å²) >= 11 is 0. The van der Waals surface area contributed by atoms with Crippen molar-refractivity contribution in [2.45, 2.75) is 13.3 Å². The lowest BCUT2D eigenvalue weighted by molar-refractivity contribution is -0.337. The largest absolute Gasteiger partial charge is 0.790 e. The second-order valence-electron chi connectivity index (χ2n) is 2.86. The Balaban J connectivity index is 4.18. The molecule has 0 aliphatic heterocycles. The highest BCUT2D eigenvalue weighted by atomic mass is 31.3. The summed E-state index contributed by atoms with van der Waals surface area (Å²) in [5.74, 6) is 0. The van der Waals surface area contributed by atoms with Crippen molar-refractivity contribution in [3.8, 4) is 0 Å². The molecule has 1 N–H and O–H groups in total. The molecule has 15 heavy (non-hydrogen) atoms. The number of phosphoric acid groups is 1. The predicted molar refractivity (Wildman–Crippen MR) is 46.6 cm³/mol. The van der Waals surface area contributed by atoms with Gasteiger partial charge in [-0.05, 0) is 13.3 Å². The average molecular weight is 257 g/mol. The van der Waals surface area contributed by atoms with Crippen molar-refractivity contribution in [3.05, 3.63) is 11.6 Å². The molecule has 0 aromatic carbocycles. The van der Waals surface area contributed by atoms with E-state index in [0.29, 0.717) is 5.57 Å². The first-order valence-corrected chi connectivity index (χ1v) is 7.15. The zero-order chi connectivity index (χ0) is 12.1. The monoisotopic (exact) mass is 257 g/mol. The van der Waals surface area contributed by atoms with Crippen LogP contribution in [0.1, 0.15) is 13.3 Å². The minimum absolute atomic E-state index is 0.0207. The van der Waals surface area contributed by atoms with Gasteiger partial charge in [-0.15, -0.1) is 0 Å². The van der Waals surface area contributed by atoms with Crippen LogP contribution in [0.4, 0.5) is 0 Å². The summed E-state index contributed by atoms with van der Waals surface area (Å²) in [5, 5.41) is 8.56. The molecule has 0 rings (SSSR count). The number of rotatable bonds is 6. The van der Waals surface area contributed by atoms with Crippen LogP contribution in [0.25, 0.3) is 0 Å². The number of aliphatic hydroxyl groups is 1. The lowest BCUT2D eigenvalue weighted by Crippen LogP contribution is -2.19. The van der Waals surface area contributed by atoms with Crippen LogP contribution in [0.15, 0.2) is 11.6 Å². The van der Waals surface area contributed by atoms with Gasteiger partial charge >= 0.3 is 0 Å². The first-order chi connectivity index (χ1) is 6.66. The normalized spacial score (nSPS) is 17.5. The van der Waals surface area contributed by atoms with Crippen molar-refractivity contribution in [1.29, 1.82) is 0 Å². The van der Waals surface area contributed by atoms with Gasteiger partial charge in [-0.3, -0.25) is 0 Å². The molecule has 7 nitrogen and oxygen atoms in total. The Morgan fingerprint density at radius 3 is 2.33 bits per heavy atom. The van der Waals surface area contributed by atoms with Gasteiger partial charge in [0.15, 0.2) is 0 Å². The molecule has 90 valence electrons. The predicted octanol–water partition coefficient (Wildman–Crippen LogP) is -1.29. The van der Waals surface area contributed by atoms with Crippen molar-refractivity contribution in [2.24, 2.45) is 0 Å². The van der Waals surface area contributed by atoms with Gasteiger partial charge in [-0.2, -0.15) is 0 Å². The molecule has 0 saturated heterocycles. The van der Waals surface area contributed by atoms with Crippen LogP contribution in [-0.2, 0) is 13.4 Å². The lowest BCUT2D eigenvalue weighted by Gasteiger charge is -2.35. The van der Waals surface area contributed by atoms with Gasteiger partial charge in [0, 0.05) is 6.16 Å². The minimum atomic E-state index is -5.50. The Bertz CT molecular complexity index is 317. The van der Waals surface area contributed by atoms with Gasteiger partial charge in [-0.1, -0.05) is 11.6 Å². The van der Waals surface area contributed by atoms with E-state index in [9.17, 15) is 23.8 Å². The summed E-state index contributed by atoms with van der Waals surface area (Å²) in [6.45, 7) is 1.36. The van der Waals surface area contributed by atoms with E-state index in [2.05, 4.69) is 4.31 Å². The fraction of sp³-hybridized carbons (Fsp3) is 0.667. The van der Waals surface area contributed by atoms with E-state index in [-0.39, 0.29) is 13.0 Å². The molecular formula is C6H11O7P2-3. The highest BCUT2D eigenvalue weighted by Gasteiger charge is 2.09. The average Bonchev–Trinajstić information content (AvgIpc) is 1.98. The van der Waals surface area contributed by atoms with E-state index in [1.165, 1.54) is 6.08 Å². The molecule has 0 fully saturated rings. The molecule has 0 spiro atoms. The molecule has 0 heterocycles. The highest BCUT2D eigenvalue weighted by Crippen LogP contribution is 2.49. The summed E-state index contributed by atoms with van der Waals surface area (Å²) in [4.78, 5) is 30.9. The summed E-state index contributed by atoms with van der Waals surface area (Å²) < 4.78 is 24.3. The van der Waals surface area contributed by atoms with Crippen molar-refractivity contribution < 1.29 is 33.2 Å². The number of aliphatic hydroxyl groups excluding tert-OH is 1. The lowest BCUT2D eigenvalue weighted by atomic mass is 10.3. The molecule has 1 atom stereocenters. The molecule has 1 unspecified atom stereocenters. The van der Waals surface area contributed by atoms with Crippen molar-refractivity contribution in [3.63, 3.8) is 0 Å². The third kappa shape index (κ3) is 8.96. The molecule has 0 aliphatic carbocycles. The Labute approximate surface area is 87.2 Å². The van der Waals surface area contributed by atoms with Crippen LogP contribution >= 0.6 is 15.4 Å². The van der Waals surface area contributed by atoms with Crippen molar-refractivity contribution >= 4 is 15.4 Å². The van der Waals surface area contributed by atoms with Gasteiger partial charge in [0.05, 0.1) is 14.4 Å². The summed E-state index contributed by atoms with van der Waals surface area (Å²) in [6.07, 6.45) is 0.792. The summed E-state index contributed by atoms with van der Waals surface area (Å²) in [6, 6.07) is 0. The molecule has 9 heteroatoms. The van der Waals surface area contributed by atoms with Crippen LogP contribution in [0.5, 0.6) is 0 Å². The van der Waals surface area contributed by atoms with Crippen molar-refractivity contribution in [2.75, 3.05) is 12.8 Å². The number of allylic oxidation sites excluding steroid dienone is 1. The van der Waals surface area contributed by atoms with Crippen LogP contribution in [0.2, 0.25) is 0 Å². The molecule has 0 amide bonds. The second-order valence-corrected chi connectivity index (χ2v) is 6.08. The zero-order valence-electron chi connectivity index (χ0n) is 7.99. The van der Waals surface area contributed by atoms with Crippen LogP contribution in [0.3, 0.4) is 0 Å². The molecule has 0 bridgehead atoms. The SMILES string of the molecule is C/C(=C\CCP(=O)([O-])OP(=O)([O-])[O-])CO. The Kier molecular flexibility index (Phi) is 5.92. The van der Waals surface area contributed by atoms with Crippen LogP contribution in [-0.4, -0.2) is 17.9 Å². The van der Waals surface area contributed by atoms with Crippen LogP contribution < -0.4 is 14.7 Å². The maximum absolute atomic E-state index is 10.9. The Hall–Kier alpha value is -0.0000000000000000694. The maximum Gasteiger partial charge on any atom is 0.140 e. The van der Waals surface area contributed by atoms with E-state index in [0.717, 1.165) is 0 Å². The van der Waals surface area contributed by atoms with Gasteiger partial charge in [0.1, 0.15) is 7.60 Å². The van der Waals surface area contributed by atoms with Gasteiger partial charge in [0.2, 0.25) is 0 Å². The standard InChI is InChI=1S/C6H14O7P2/c1-6(5-7)3-2-4-14(8,9)13-15(10,11)12/h3,7H,2,4-5H2,1H3,(H,8,9)(H2,10,11,12)/p-3/b6-3+. The molecule has 0 aromatic heterocycles. The van der Waals surface area contributed by atoms with E-state index >= 15 is 0 Å². The fourth-order valence-electron chi connectivity index (χ4n) is 0.727. The number of hydrogen-bond donors (Lipinski definition) is 1. The molecular weight excluding hydrogens is 246 g/mol. The quantitative estimate of drug-likeness (QED) is 0.462. The molecule has 0 radical (unpaired) electrons. The van der Waals surface area contributed by atoms with Crippen molar-refractivity contribution in [1.82, 2.24) is 0 Å². The van der Waals surface area contributed by atoms with E-state index in [4.69, 9.17) is 5.11 Å². The molecule has 0 aliphatic rings.